The average Bonchev–Trinajstić information content (AvgIpc) is 2.39. The van der Waals surface area contributed by atoms with Gasteiger partial charge < -0.3 is 10.1 Å². The molecule has 0 aliphatic carbocycles. The first-order valence-corrected chi connectivity index (χ1v) is 8.02. The molecule has 0 atom stereocenters. The van der Waals surface area contributed by atoms with Crippen LogP contribution in [0.3, 0.4) is 0 Å². The fraction of sp³-hybridized carbons (Fsp3) is 0.455. The zero-order chi connectivity index (χ0) is 13.2. The lowest BCUT2D eigenvalue weighted by Crippen LogP contribution is -2.29. The molecule has 1 aromatic carbocycles. The van der Waals surface area contributed by atoms with Crippen molar-refractivity contribution in [3.05, 3.63) is 22.7 Å². The van der Waals surface area contributed by atoms with E-state index in [4.69, 9.17) is 5.21 Å². The Morgan fingerprint density at radius 2 is 1.89 bits per heavy atom. The number of hydrogen-bond donors (Lipinski definition) is 2. The minimum atomic E-state index is -3.84. The van der Waals surface area contributed by atoms with Crippen molar-refractivity contribution in [2.24, 2.45) is 0 Å². The van der Waals surface area contributed by atoms with E-state index in [1.54, 1.807) is 12.1 Å². The fourth-order valence-corrected chi connectivity index (χ4v) is 3.77. The Labute approximate surface area is 115 Å². The minimum Gasteiger partial charge on any atom is -0.372 e. The second-order valence-electron chi connectivity index (χ2n) is 4.26. The first-order valence-electron chi connectivity index (χ1n) is 5.75. The van der Waals surface area contributed by atoms with E-state index in [-0.39, 0.29) is 4.90 Å². The van der Waals surface area contributed by atoms with Crippen LogP contribution in [0.15, 0.2) is 27.6 Å². The van der Waals surface area contributed by atoms with Crippen LogP contribution in [0.1, 0.15) is 19.3 Å². The molecule has 1 heterocycles. The summed E-state index contributed by atoms with van der Waals surface area (Å²) in [6.07, 6.45) is 3.57. The predicted octanol–water partition coefficient (Wildman–Crippen LogP) is 2.11. The molecule has 7 heteroatoms. The third kappa shape index (κ3) is 2.85. The lowest BCUT2D eigenvalue weighted by atomic mass is 10.1. The van der Waals surface area contributed by atoms with Crippen molar-refractivity contribution in [2.75, 3.05) is 18.0 Å². The first-order chi connectivity index (χ1) is 8.54. The molecule has 1 saturated heterocycles. The van der Waals surface area contributed by atoms with Crippen molar-refractivity contribution in [1.29, 1.82) is 0 Å². The van der Waals surface area contributed by atoms with Crippen molar-refractivity contribution in [3.63, 3.8) is 0 Å². The predicted molar refractivity (Wildman–Crippen MR) is 72.3 cm³/mol. The molecule has 1 aliphatic rings. The highest BCUT2D eigenvalue weighted by Crippen LogP contribution is 2.28. The number of sulfonamides is 1. The number of hydrogen-bond acceptors (Lipinski definition) is 4. The van der Waals surface area contributed by atoms with Crippen LogP contribution >= 0.6 is 15.9 Å². The number of anilines is 1. The van der Waals surface area contributed by atoms with Gasteiger partial charge in [-0.2, -0.15) is 0 Å². The smallest absolute Gasteiger partial charge is 0.263 e. The lowest BCUT2D eigenvalue weighted by molar-refractivity contribution is 0.242. The topological polar surface area (TPSA) is 69.6 Å². The van der Waals surface area contributed by atoms with E-state index in [2.05, 4.69) is 20.8 Å². The molecule has 1 aliphatic heterocycles. The molecule has 0 unspecified atom stereocenters. The number of rotatable bonds is 3. The van der Waals surface area contributed by atoms with Crippen LogP contribution in [0.5, 0.6) is 0 Å². The Morgan fingerprint density at radius 1 is 1.22 bits per heavy atom. The van der Waals surface area contributed by atoms with E-state index < -0.39 is 10.0 Å². The van der Waals surface area contributed by atoms with E-state index in [1.807, 2.05) is 0 Å². The highest BCUT2D eigenvalue weighted by Gasteiger charge is 2.18. The molecule has 0 aromatic heterocycles. The van der Waals surface area contributed by atoms with E-state index in [1.165, 1.54) is 17.4 Å². The molecule has 0 amide bonds. The summed E-state index contributed by atoms with van der Waals surface area (Å²) >= 11 is 3.23. The third-order valence-electron chi connectivity index (χ3n) is 3.05. The third-order valence-corrected chi connectivity index (χ3v) is 5.14. The molecule has 0 spiro atoms. The van der Waals surface area contributed by atoms with Crippen LogP contribution in [0.4, 0.5) is 5.69 Å². The number of halogens is 1. The zero-order valence-corrected chi connectivity index (χ0v) is 12.2. The van der Waals surface area contributed by atoms with Gasteiger partial charge in [-0.25, -0.2) is 8.42 Å². The number of benzene rings is 1. The second kappa shape index (κ2) is 5.56. The van der Waals surface area contributed by atoms with Gasteiger partial charge in [0.1, 0.15) is 0 Å². The largest absolute Gasteiger partial charge is 0.372 e. The Hall–Kier alpha value is -0.630. The Bertz CT molecular complexity index is 527. The van der Waals surface area contributed by atoms with E-state index in [0.717, 1.165) is 31.6 Å². The van der Waals surface area contributed by atoms with Gasteiger partial charge in [0.15, 0.2) is 0 Å². The Balaban J connectivity index is 2.30. The van der Waals surface area contributed by atoms with Crippen LogP contribution in [0, 0.1) is 0 Å². The normalized spacial score (nSPS) is 16.9. The summed E-state index contributed by atoms with van der Waals surface area (Å²) in [5, 5.41) is 8.62. The van der Waals surface area contributed by atoms with Crippen molar-refractivity contribution < 1.29 is 13.6 Å². The van der Waals surface area contributed by atoms with Gasteiger partial charge in [0.25, 0.3) is 10.0 Å². The van der Waals surface area contributed by atoms with Crippen LogP contribution in [-0.4, -0.2) is 26.7 Å². The number of piperidine rings is 1. The summed E-state index contributed by atoms with van der Waals surface area (Å²) in [6, 6.07) is 5.03. The van der Waals surface area contributed by atoms with Gasteiger partial charge >= 0.3 is 0 Å². The maximum atomic E-state index is 11.5. The molecule has 1 fully saturated rings. The van der Waals surface area contributed by atoms with Gasteiger partial charge in [0.05, 0.1) is 4.90 Å². The fourth-order valence-electron chi connectivity index (χ4n) is 2.11. The van der Waals surface area contributed by atoms with Gasteiger partial charge in [-0.05, 0) is 53.4 Å². The van der Waals surface area contributed by atoms with Gasteiger partial charge in [-0.3, -0.25) is 0 Å². The Kier molecular flexibility index (Phi) is 4.26. The van der Waals surface area contributed by atoms with E-state index >= 15 is 0 Å². The number of nitrogens with one attached hydrogen (secondary N) is 1. The first kappa shape index (κ1) is 13.8. The molecule has 1 aromatic rings. The monoisotopic (exact) mass is 334 g/mol. The zero-order valence-electron chi connectivity index (χ0n) is 9.76. The minimum absolute atomic E-state index is 0.0331. The van der Waals surface area contributed by atoms with E-state index in [9.17, 15) is 8.42 Å². The van der Waals surface area contributed by atoms with Crippen LogP contribution in [0.25, 0.3) is 0 Å². The molecule has 18 heavy (non-hydrogen) atoms. The van der Waals surface area contributed by atoms with Crippen LogP contribution in [0.2, 0.25) is 0 Å². The van der Waals surface area contributed by atoms with Crippen molar-refractivity contribution >= 4 is 31.6 Å². The second-order valence-corrected chi connectivity index (χ2v) is 6.74. The maximum Gasteiger partial charge on any atom is 0.263 e. The van der Waals surface area contributed by atoms with Crippen molar-refractivity contribution in [3.8, 4) is 0 Å². The Morgan fingerprint density at radius 3 is 2.44 bits per heavy atom. The highest BCUT2D eigenvalue weighted by atomic mass is 79.9. The van der Waals surface area contributed by atoms with Crippen molar-refractivity contribution in [1.82, 2.24) is 4.89 Å². The summed E-state index contributed by atoms with van der Waals surface area (Å²) in [4.78, 5) is 3.59. The van der Waals surface area contributed by atoms with Gasteiger partial charge in [0.2, 0.25) is 0 Å². The molecule has 0 bridgehead atoms. The van der Waals surface area contributed by atoms with Crippen LogP contribution < -0.4 is 9.79 Å². The van der Waals surface area contributed by atoms with Gasteiger partial charge in [0, 0.05) is 23.2 Å². The molecule has 5 nitrogen and oxygen atoms in total. The molecular formula is C11H15BrN2O3S. The standard InChI is InChI=1S/C11H15BrN2O3S/c12-10-8-9(14-6-2-1-3-7-14)4-5-11(10)18(16,17)13-15/h4-5,8,13,15H,1-3,6-7H2. The highest BCUT2D eigenvalue weighted by molar-refractivity contribution is 9.10. The molecule has 0 saturated carbocycles. The maximum absolute atomic E-state index is 11.5. The molecule has 2 rings (SSSR count). The SMILES string of the molecule is O=S(=O)(NO)c1ccc(N2CCCCC2)cc1Br. The summed E-state index contributed by atoms with van der Waals surface area (Å²) in [5.74, 6) is 0. The molecular weight excluding hydrogens is 320 g/mol. The van der Waals surface area contributed by atoms with Gasteiger partial charge in [-0.1, -0.05) is 4.89 Å². The van der Waals surface area contributed by atoms with Gasteiger partial charge in [-0.15, -0.1) is 0 Å². The van der Waals surface area contributed by atoms with Crippen LogP contribution in [-0.2, 0) is 10.0 Å². The summed E-state index contributed by atoms with van der Waals surface area (Å²) in [6.45, 7) is 1.99. The van der Waals surface area contributed by atoms with E-state index in [0.29, 0.717) is 4.47 Å². The molecule has 0 radical (unpaired) electrons. The quantitative estimate of drug-likeness (QED) is 0.830. The molecule has 2 N–H and O–H groups in total. The molecule has 100 valence electrons. The average molecular weight is 335 g/mol. The van der Waals surface area contributed by atoms with Crippen molar-refractivity contribution in [2.45, 2.75) is 24.2 Å². The summed E-state index contributed by atoms with van der Waals surface area (Å²) in [5.41, 5.74) is 0.999. The lowest BCUT2D eigenvalue weighted by Gasteiger charge is -2.29. The number of nitrogens with zero attached hydrogens (tertiary/aromatic N) is 1. The summed E-state index contributed by atoms with van der Waals surface area (Å²) < 4.78 is 23.5. The summed E-state index contributed by atoms with van der Waals surface area (Å²) in [7, 11) is -3.84.